The fraction of sp³-hybridized carbons (Fsp3) is 0.875. The molecule has 0 aromatic rings. The molecule has 2 fully saturated rings. The summed E-state index contributed by atoms with van der Waals surface area (Å²) < 4.78 is 4.66. The zero-order valence-electron chi connectivity index (χ0n) is 13.2. The van der Waals surface area contributed by atoms with Crippen LogP contribution in [0.3, 0.4) is 0 Å². The summed E-state index contributed by atoms with van der Waals surface area (Å²) >= 11 is 0. The Morgan fingerprint density at radius 1 is 1.00 bits per heavy atom. The van der Waals surface area contributed by atoms with Gasteiger partial charge in [0.25, 0.3) is 0 Å². The van der Waals surface area contributed by atoms with Gasteiger partial charge in [0.2, 0.25) is 5.91 Å². The van der Waals surface area contributed by atoms with E-state index < -0.39 is 0 Å². The molecule has 1 aliphatic carbocycles. The minimum atomic E-state index is -0.160. The second-order valence-corrected chi connectivity index (χ2v) is 6.18. The summed E-state index contributed by atoms with van der Waals surface area (Å²) in [6.45, 7) is 4.08. The number of rotatable bonds is 4. The molecule has 2 aliphatic rings. The number of hydrogen-bond donors (Lipinski definition) is 0. The Morgan fingerprint density at radius 2 is 1.62 bits per heavy atom. The Balaban J connectivity index is 1.72. The fourth-order valence-electron chi connectivity index (χ4n) is 3.33. The highest BCUT2D eigenvalue weighted by Gasteiger charge is 2.27. The lowest BCUT2D eigenvalue weighted by Crippen LogP contribution is -2.50. The summed E-state index contributed by atoms with van der Waals surface area (Å²) in [5.74, 6) is 0.464. The first-order chi connectivity index (χ1) is 10.2. The van der Waals surface area contributed by atoms with E-state index in [1.54, 1.807) is 0 Å². The average molecular weight is 296 g/mol. The third-order valence-corrected chi connectivity index (χ3v) is 4.75. The number of hydrogen-bond acceptors (Lipinski definition) is 4. The van der Waals surface area contributed by atoms with Crippen LogP contribution in [0.15, 0.2) is 0 Å². The van der Waals surface area contributed by atoms with Crippen molar-refractivity contribution in [1.29, 1.82) is 0 Å². The first-order valence-corrected chi connectivity index (χ1v) is 8.28. The third-order valence-electron chi connectivity index (χ3n) is 4.75. The normalized spacial score (nSPS) is 21.9. The fourth-order valence-corrected chi connectivity index (χ4v) is 3.33. The van der Waals surface area contributed by atoms with Crippen molar-refractivity contribution in [2.75, 3.05) is 39.8 Å². The second kappa shape index (κ2) is 8.37. The van der Waals surface area contributed by atoms with E-state index >= 15 is 0 Å². The maximum atomic E-state index is 12.6. The van der Waals surface area contributed by atoms with E-state index in [-0.39, 0.29) is 11.9 Å². The van der Waals surface area contributed by atoms with Crippen molar-refractivity contribution in [3.8, 4) is 0 Å². The van der Waals surface area contributed by atoms with Crippen LogP contribution in [-0.2, 0) is 14.3 Å². The maximum Gasteiger partial charge on any atom is 0.306 e. The zero-order valence-corrected chi connectivity index (χ0v) is 13.2. The molecular formula is C16H28N2O3. The van der Waals surface area contributed by atoms with Gasteiger partial charge in [0.1, 0.15) is 0 Å². The Hall–Kier alpha value is -1.10. The van der Waals surface area contributed by atoms with Crippen LogP contribution in [0.5, 0.6) is 0 Å². The van der Waals surface area contributed by atoms with Gasteiger partial charge in [0.15, 0.2) is 0 Å². The lowest BCUT2D eigenvalue weighted by molar-refractivity contribution is -0.142. The standard InChI is InChI=1S/C16H28N2O3/c1-21-15(19)8-9-17-10-12-18(13-11-17)16(20)14-6-4-2-3-5-7-14/h14H,2-13H2,1H3. The van der Waals surface area contributed by atoms with Gasteiger partial charge in [-0.1, -0.05) is 25.7 Å². The van der Waals surface area contributed by atoms with Crippen LogP contribution in [0.1, 0.15) is 44.9 Å². The SMILES string of the molecule is COC(=O)CCN1CCN(C(=O)C2CCCCCC2)CC1. The molecule has 5 nitrogen and oxygen atoms in total. The average Bonchev–Trinajstić information content (AvgIpc) is 2.81. The van der Waals surface area contributed by atoms with Crippen LogP contribution >= 0.6 is 0 Å². The third kappa shape index (κ3) is 4.99. The van der Waals surface area contributed by atoms with Crippen molar-refractivity contribution in [2.45, 2.75) is 44.9 Å². The number of carbonyl (C=O) groups excluding carboxylic acids is 2. The van der Waals surface area contributed by atoms with Crippen LogP contribution in [0.4, 0.5) is 0 Å². The summed E-state index contributed by atoms with van der Waals surface area (Å²) in [5.41, 5.74) is 0. The second-order valence-electron chi connectivity index (χ2n) is 6.18. The molecule has 0 radical (unpaired) electrons. The van der Waals surface area contributed by atoms with E-state index in [1.165, 1.54) is 32.8 Å². The number of piperazine rings is 1. The predicted octanol–water partition coefficient (Wildman–Crippen LogP) is 1.66. The Morgan fingerprint density at radius 3 is 2.19 bits per heavy atom. The van der Waals surface area contributed by atoms with Gasteiger partial charge < -0.3 is 9.64 Å². The summed E-state index contributed by atoms with van der Waals surface area (Å²) in [6, 6.07) is 0. The molecule has 0 aromatic carbocycles. The van der Waals surface area contributed by atoms with Gasteiger partial charge in [-0.15, -0.1) is 0 Å². The molecule has 1 amide bonds. The lowest BCUT2D eigenvalue weighted by Gasteiger charge is -2.36. The van der Waals surface area contributed by atoms with E-state index in [4.69, 9.17) is 0 Å². The van der Waals surface area contributed by atoms with Gasteiger partial charge in [0.05, 0.1) is 13.5 Å². The van der Waals surface area contributed by atoms with Crippen molar-refractivity contribution in [2.24, 2.45) is 5.92 Å². The zero-order chi connectivity index (χ0) is 15.1. The molecule has 0 N–H and O–H groups in total. The van der Waals surface area contributed by atoms with Crippen molar-refractivity contribution in [3.63, 3.8) is 0 Å². The van der Waals surface area contributed by atoms with Gasteiger partial charge in [-0.2, -0.15) is 0 Å². The molecule has 0 unspecified atom stereocenters. The van der Waals surface area contributed by atoms with Crippen LogP contribution in [0.25, 0.3) is 0 Å². The van der Waals surface area contributed by atoms with E-state index in [2.05, 4.69) is 9.64 Å². The van der Waals surface area contributed by atoms with E-state index in [0.29, 0.717) is 12.3 Å². The Kier molecular flexibility index (Phi) is 6.49. The number of esters is 1. The molecule has 1 aliphatic heterocycles. The molecule has 1 saturated carbocycles. The summed E-state index contributed by atoms with van der Waals surface area (Å²) in [4.78, 5) is 28.0. The monoisotopic (exact) mass is 296 g/mol. The quantitative estimate of drug-likeness (QED) is 0.585. The van der Waals surface area contributed by atoms with Crippen molar-refractivity contribution >= 4 is 11.9 Å². The summed E-state index contributed by atoms with van der Waals surface area (Å²) in [6.07, 6.45) is 7.55. The molecular weight excluding hydrogens is 268 g/mol. The highest BCUT2D eigenvalue weighted by atomic mass is 16.5. The van der Waals surface area contributed by atoms with Gasteiger partial charge in [-0.25, -0.2) is 0 Å². The maximum absolute atomic E-state index is 12.6. The number of carbonyl (C=O) groups is 2. The first kappa shape index (κ1) is 16.3. The number of nitrogens with zero attached hydrogens (tertiary/aromatic N) is 2. The van der Waals surface area contributed by atoms with Gasteiger partial charge in [0, 0.05) is 38.6 Å². The van der Waals surface area contributed by atoms with E-state index in [9.17, 15) is 9.59 Å². The van der Waals surface area contributed by atoms with Gasteiger partial charge in [-0.05, 0) is 12.8 Å². The molecule has 1 heterocycles. The Labute approximate surface area is 127 Å². The smallest absolute Gasteiger partial charge is 0.306 e. The van der Waals surface area contributed by atoms with Gasteiger partial charge in [-0.3, -0.25) is 14.5 Å². The van der Waals surface area contributed by atoms with Crippen molar-refractivity contribution in [3.05, 3.63) is 0 Å². The predicted molar refractivity (Wildman–Crippen MR) is 80.8 cm³/mol. The molecule has 0 aromatic heterocycles. The molecule has 120 valence electrons. The lowest BCUT2D eigenvalue weighted by atomic mass is 9.98. The molecule has 2 rings (SSSR count). The Bertz CT molecular complexity index is 343. The number of ether oxygens (including phenoxy) is 1. The highest BCUT2D eigenvalue weighted by molar-refractivity contribution is 5.79. The van der Waals surface area contributed by atoms with Crippen LogP contribution in [0.2, 0.25) is 0 Å². The largest absolute Gasteiger partial charge is 0.469 e. The summed E-state index contributed by atoms with van der Waals surface area (Å²) in [5, 5.41) is 0. The van der Waals surface area contributed by atoms with Gasteiger partial charge >= 0.3 is 5.97 Å². The number of amides is 1. The molecule has 0 bridgehead atoms. The van der Waals surface area contributed by atoms with E-state index in [0.717, 1.165) is 45.6 Å². The minimum Gasteiger partial charge on any atom is -0.469 e. The van der Waals surface area contributed by atoms with Crippen molar-refractivity contribution in [1.82, 2.24) is 9.80 Å². The molecule has 5 heteroatoms. The molecule has 0 spiro atoms. The minimum absolute atomic E-state index is 0.160. The molecule has 1 saturated heterocycles. The van der Waals surface area contributed by atoms with Crippen LogP contribution in [0, 0.1) is 5.92 Å². The van der Waals surface area contributed by atoms with Crippen LogP contribution in [-0.4, -0.2) is 61.5 Å². The molecule has 0 atom stereocenters. The van der Waals surface area contributed by atoms with Crippen molar-refractivity contribution < 1.29 is 14.3 Å². The topological polar surface area (TPSA) is 49.9 Å². The summed E-state index contributed by atoms with van der Waals surface area (Å²) in [7, 11) is 1.42. The van der Waals surface area contributed by atoms with E-state index in [1.807, 2.05) is 4.90 Å². The first-order valence-electron chi connectivity index (χ1n) is 8.28. The number of methoxy groups -OCH3 is 1. The molecule has 21 heavy (non-hydrogen) atoms. The van der Waals surface area contributed by atoms with Crippen LogP contribution < -0.4 is 0 Å². The highest BCUT2D eigenvalue weighted by Crippen LogP contribution is 2.25.